The lowest BCUT2D eigenvalue weighted by molar-refractivity contribution is -0.118. The average Bonchev–Trinajstić information content (AvgIpc) is 2.14. The van der Waals surface area contributed by atoms with E-state index >= 15 is 0 Å². The quantitative estimate of drug-likeness (QED) is 0.643. The third-order valence-corrected chi connectivity index (χ3v) is 3.79. The average molecular weight is 221 g/mol. The zero-order valence-corrected chi connectivity index (χ0v) is 9.69. The van der Waals surface area contributed by atoms with E-state index in [0.29, 0.717) is 25.8 Å². The summed E-state index contributed by atoms with van der Waals surface area (Å²) in [5.74, 6) is 0.428. The molecule has 0 unspecified atom stereocenters. The predicted octanol–water partition coefficient (Wildman–Crippen LogP) is 0.380. The van der Waals surface area contributed by atoms with E-state index in [0.717, 1.165) is 0 Å². The van der Waals surface area contributed by atoms with Gasteiger partial charge in [0.1, 0.15) is 15.6 Å². The fourth-order valence-electron chi connectivity index (χ4n) is 1.02. The van der Waals surface area contributed by atoms with E-state index < -0.39 is 9.84 Å². The Hall–Kier alpha value is -0.420. The fourth-order valence-corrected chi connectivity index (χ4v) is 1.90. The Morgan fingerprint density at radius 2 is 1.93 bits per heavy atom. The molecule has 84 valence electrons. The standard InChI is InChI=1S/C9H19NO3S/c1-3-14(12,13)8-4-5-9(11)6-7-10-2/h10H,3-8H2,1-2H3. The summed E-state index contributed by atoms with van der Waals surface area (Å²) >= 11 is 0. The number of carbonyl (C=O) groups is 1. The minimum atomic E-state index is -2.90. The molecule has 0 fully saturated rings. The number of rotatable bonds is 8. The van der Waals surface area contributed by atoms with Gasteiger partial charge < -0.3 is 5.32 Å². The number of hydrogen-bond acceptors (Lipinski definition) is 4. The molecular formula is C9H19NO3S. The van der Waals surface area contributed by atoms with Crippen molar-refractivity contribution in [3.8, 4) is 0 Å². The Labute approximate surface area is 86.0 Å². The normalized spacial score (nSPS) is 11.6. The maximum Gasteiger partial charge on any atom is 0.150 e. The predicted molar refractivity (Wildman–Crippen MR) is 57.1 cm³/mol. The lowest BCUT2D eigenvalue weighted by atomic mass is 10.2. The van der Waals surface area contributed by atoms with Crippen molar-refractivity contribution in [3.63, 3.8) is 0 Å². The summed E-state index contributed by atoms with van der Waals surface area (Å²) < 4.78 is 22.1. The number of sulfone groups is 1. The minimum Gasteiger partial charge on any atom is -0.319 e. The molecule has 0 saturated heterocycles. The van der Waals surface area contributed by atoms with Crippen molar-refractivity contribution in [2.45, 2.75) is 26.2 Å². The largest absolute Gasteiger partial charge is 0.319 e. The van der Waals surface area contributed by atoms with Crippen LogP contribution in [0.5, 0.6) is 0 Å². The van der Waals surface area contributed by atoms with Gasteiger partial charge in [-0.3, -0.25) is 4.79 Å². The molecule has 0 heterocycles. The van der Waals surface area contributed by atoms with Gasteiger partial charge in [0.05, 0.1) is 5.75 Å². The first-order chi connectivity index (χ1) is 6.52. The number of ketones is 1. The van der Waals surface area contributed by atoms with Crippen molar-refractivity contribution in [1.82, 2.24) is 5.32 Å². The van der Waals surface area contributed by atoms with Gasteiger partial charge in [0, 0.05) is 25.1 Å². The van der Waals surface area contributed by atoms with Crippen LogP contribution in [0.15, 0.2) is 0 Å². The molecule has 0 aromatic carbocycles. The van der Waals surface area contributed by atoms with Gasteiger partial charge in [0.2, 0.25) is 0 Å². The second-order valence-corrected chi connectivity index (χ2v) is 5.70. The molecule has 4 nitrogen and oxygen atoms in total. The molecule has 0 aliphatic carbocycles. The van der Waals surface area contributed by atoms with Crippen LogP contribution in [-0.2, 0) is 14.6 Å². The van der Waals surface area contributed by atoms with Crippen molar-refractivity contribution in [2.24, 2.45) is 0 Å². The Morgan fingerprint density at radius 1 is 1.29 bits per heavy atom. The first-order valence-electron chi connectivity index (χ1n) is 4.88. The lowest BCUT2D eigenvalue weighted by Gasteiger charge is -2.01. The van der Waals surface area contributed by atoms with Crippen LogP contribution >= 0.6 is 0 Å². The monoisotopic (exact) mass is 221 g/mol. The third kappa shape index (κ3) is 7.03. The van der Waals surface area contributed by atoms with Gasteiger partial charge in [0.25, 0.3) is 0 Å². The Balaban J connectivity index is 3.59. The molecule has 0 bridgehead atoms. The van der Waals surface area contributed by atoms with Crippen LogP contribution in [0.2, 0.25) is 0 Å². The molecule has 1 N–H and O–H groups in total. The van der Waals surface area contributed by atoms with Crippen molar-refractivity contribution < 1.29 is 13.2 Å². The van der Waals surface area contributed by atoms with Crippen LogP contribution in [-0.4, -0.2) is 39.3 Å². The van der Waals surface area contributed by atoms with E-state index in [-0.39, 0.29) is 17.3 Å². The first kappa shape index (κ1) is 13.6. The number of Topliss-reactive ketones (excluding diaryl/α,β-unsaturated/α-hetero) is 1. The van der Waals surface area contributed by atoms with Crippen LogP contribution in [0, 0.1) is 0 Å². The van der Waals surface area contributed by atoms with E-state index in [4.69, 9.17) is 0 Å². The van der Waals surface area contributed by atoms with Crippen LogP contribution in [0.4, 0.5) is 0 Å². The fraction of sp³-hybridized carbons (Fsp3) is 0.889. The Kier molecular flexibility index (Phi) is 6.74. The highest BCUT2D eigenvalue weighted by Crippen LogP contribution is 1.99. The maximum absolute atomic E-state index is 11.1. The Morgan fingerprint density at radius 3 is 2.43 bits per heavy atom. The zero-order valence-electron chi connectivity index (χ0n) is 8.88. The number of carbonyl (C=O) groups excluding carboxylic acids is 1. The highest BCUT2D eigenvalue weighted by Gasteiger charge is 2.08. The van der Waals surface area contributed by atoms with Crippen LogP contribution in [0.25, 0.3) is 0 Å². The molecule has 0 atom stereocenters. The summed E-state index contributed by atoms with van der Waals surface area (Å²) in [5.41, 5.74) is 0. The van der Waals surface area contributed by atoms with E-state index in [2.05, 4.69) is 5.32 Å². The van der Waals surface area contributed by atoms with Crippen molar-refractivity contribution >= 4 is 15.6 Å². The molecule has 0 spiro atoms. The summed E-state index contributed by atoms with van der Waals surface area (Å²) in [4.78, 5) is 11.1. The first-order valence-corrected chi connectivity index (χ1v) is 6.70. The summed E-state index contributed by atoms with van der Waals surface area (Å²) in [6.45, 7) is 2.29. The topological polar surface area (TPSA) is 63.2 Å². The molecular weight excluding hydrogens is 202 g/mol. The summed E-state index contributed by atoms with van der Waals surface area (Å²) in [5, 5.41) is 2.88. The molecule has 0 aliphatic heterocycles. The van der Waals surface area contributed by atoms with Gasteiger partial charge >= 0.3 is 0 Å². The molecule has 0 aromatic rings. The van der Waals surface area contributed by atoms with Crippen molar-refractivity contribution in [3.05, 3.63) is 0 Å². The third-order valence-electron chi connectivity index (χ3n) is 2.00. The zero-order chi connectivity index (χ0) is 11.0. The summed E-state index contributed by atoms with van der Waals surface area (Å²) in [6, 6.07) is 0. The molecule has 5 heteroatoms. The smallest absolute Gasteiger partial charge is 0.150 e. The van der Waals surface area contributed by atoms with Crippen molar-refractivity contribution in [2.75, 3.05) is 25.1 Å². The molecule has 0 aromatic heterocycles. The van der Waals surface area contributed by atoms with Gasteiger partial charge in [0.15, 0.2) is 0 Å². The Bertz CT molecular complexity index is 259. The molecule has 0 radical (unpaired) electrons. The van der Waals surface area contributed by atoms with Gasteiger partial charge in [-0.1, -0.05) is 6.92 Å². The molecule has 0 amide bonds. The molecule has 0 aliphatic rings. The summed E-state index contributed by atoms with van der Waals surface area (Å²) in [6.07, 6.45) is 1.32. The molecule has 0 rings (SSSR count). The minimum absolute atomic E-state index is 0.130. The number of nitrogens with one attached hydrogen (secondary N) is 1. The van der Waals surface area contributed by atoms with E-state index in [1.165, 1.54) is 0 Å². The highest BCUT2D eigenvalue weighted by atomic mass is 32.2. The second-order valence-electron chi connectivity index (χ2n) is 3.23. The van der Waals surface area contributed by atoms with Gasteiger partial charge in [-0.2, -0.15) is 0 Å². The van der Waals surface area contributed by atoms with E-state index in [1.807, 2.05) is 0 Å². The van der Waals surface area contributed by atoms with E-state index in [9.17, 15) is 13.2 Å². The molecule has 0 saturated carbocycles. The van der Waals surface area contributed by atoms with Crippen LogP contribution in [0.1, 0.15) is 26.2 Å². The van der Waals surface area contributed by atoms with Crippen molar-refractivity contribution in [1.29, 1.82) is 0 Å². The van der Waals surface area contributed by atoms with Crippen LogP contribution in [0.3, 0.4) is 0 Å². The number of hydrogen-bond donors (Lipinski definition) is 1. The van der Waals surface area contributed by atoms with Crippen LogP contribution < -0.4 is 5.32 Å². The molecule has 14 heavy (non-hydrogen) atoms. The van der Waals surface area contributed by atoms with Gasteiger partial charge in [-0.15, -0.1) is 0 Å². The van der Waals surface area contributed by atoms with Gasteiger partial charge in [-0.05, 0) is 13.5 Å². The summed E-state index contributed by atoms with van der Waals surface area (Å²) in [7, 11) is -1.12. The second kappa shape index (κ2) is 6.95. The van der Waals surface area contributed by atoms with Gasteiger partial charge in [-0.25, -0.2) is 8.42 Å². The lowest BCUT2D eigenvalue weighted by Crippen LogP contribution is -2.14. The van der Waals surface area contributed by atoms with E-state index in [1.54, 1.807) is 14.0 Å². The maximum atomic E-state index is 11.1. The SMILES string of the molecule is CCS(=O)(=O)CCCC(=O)CCNC. The highest BCUT2D eigenvalue weighted by molar-refractivity contribution is 7.91.